The SMILES string of the molecule is C/C=C/C(=O)O[C@@H]1CCCC[C@H]1c1ccc(Oc2ccccc2)cc1. The van der Waals surface area contributed by atoms with Crippen LogP contribution in [0.25, 0.3) is 0 Å². The van der Waals surface area contributed by atoms with Crippen molar-refractivity contribution in [3.05, 3.63) is 72.3 Å². The van der Waals surface area contributed by atoms with Crippen molar-refractivity contribution in [2.45, 2.75) is 44.6 Å². The monoisotopic (exact) mass is 336 g/mol. The molecular weight excluding hydrogens is 312 g/mol. The first-order valence-electron chi connectivity index (χ1n) is 8.92. The number of para-hydroxylation sites is 1. The molecule has 0 radical (unpaired) electrons. The zero-order valence-corrected chi connectivity index (χ0v) is 14.6. The largest absolute Gasteiger partial charge is 0.459 e. The molecule has 2 atom stereocenters. The number of hydrogen-bond donors (Lipinski definition) is 0. The maximum absolute atomic E-state index is 11.8. The molecule has 1 aliphatic rings. The minimum absolute atomic E-state index is 0.0432. The van der Waals surface area contributed by atoms with E-state index in [2.05, 4.69) is 12.1 Å². The summed E-state index contributed by atoms with van der Waals surface area (Å²) < 4.78 is 11.5. The van der Waals surface area contributed by atoms with Gasteiger partial charge in [0.25, 0.3) is 0 Å². The van der Waals surface area contributed by atoms with E-state index in [9.17, 15) is 4.79 Å². The number of benzene rings is 2. The predicted octanol–water partition coefficient (Wildman–Crippen LogP) is 5.62. The van der Waals surface area contributed by atoms with Crippen molar-refractivity contribution in [2.75, 3.05) is 0 Å². The molecule has 0 aromatic heterocycles. The van der Waals surface area contributed by atoms with Gasteiger partial charge in [-0.2, -0.15) is 0 Å². The Balaban J connectivity index is 1.69. The highest BCUT2D eigenvalue weighted by Crippen LogP contribution is 2.36. The average Bonchev–Trinajstić information content (AvgIpc) is 2.64. The summed E-state index contributed by atoms with van der Waals surface area (Å²) in [5, 5.41) is 0. The van der Waals surface area contributed by atoms with E-state index in [0.717, 1.165) is 30.8 Å². The van der Waals surface area contributed by atoms with Crippen LogP contribution >= 0.6 is 0 Å². The van der Waals surface area contributed by atoms with Crippen LogP contribution in [-0.2, 0) is 9.53 Å². The van der Waals surface area contributed by atoms with Crippen LogP contribution in [0.1, 0.15) is 44.1 Å². The molecule has 3 nitrogen and oxygen atoms in total. The predicted molar refractivity (Wildman–Crippen MR) is 98.9 cm³/mol. The van der Waals surface area contributed by atoms with Gasteiger partial charge in [0.15, 0.2) is 0 Å². The summed E-state index contributed by atoms with van der Waals surface area (Å²) in [6.07, 6.45) is 7.42. The normalized spacial score (nSPS) is 20.4. The van der Waals surface area contributed by atoms with Gasteiger partial charge in [-0.05, 0) is 56.0 Å². The van der Waals surface area contributed by atoms with Gasteiger partial charge in [0.05, 0.1) is 0 Å². The van der Waals surface area contributed by atoms with Gasteiger partial charge >= 0.3 is 5.97 Å². The molecule has 0 N–H and O–H groups in total. The first kappa shape index (κ1) is 17.3. The highest BCUT2D eigenvalue weighted by molar-refractivity contribution is 5.82. The third-order valence-electron chi connectivity index (χ3n) is 4.56. The number of ether oxygens (including phenoxy) is 2. The van der Waals surface area contributed by atoms with Crippen molar-refractivity contribution in [1.82, 2.24) is 0 Å². The Morgan fingerprint density at radius 3 is 2.36 bits per heavy atom. The van der Waals surface area contributed by atoms with E-state index in [1.807, 2.05) is 49.4 Å². The van der Waals surface area contributed by atoms with Crippen molar-refractivity contribution < 1.29 is 14.3 Å². The van der Waals surface area contributed by atoms with Gasteiger partial charge in [0.2, 0.25) is 0 Å². The van der Waals surface area contributed by atoms with E-state index in [1.165, 1.54) is 18.1 Å². The van der Waals surface area contributed by atoms with E-state index >= 15 is 0 Å². The zero-order chi connectivity index (χ0) is 17.5. The van der Waals surface area contributed by atoms with Crippen LogP contribution in [0.2, 0.25) is 0 Å². The number of carbonyl (C=O) groups is 1. The lowest BCUT2D eigenvalue weighted by atomic mass is 9.81. The molecule has 0 unspecified atom stereocenters. The number of esters is 1. The lowest BCUT2D eigenvalue weighted by Gasteiger charge is -2.31. The molecule has 1 aliphatic carbocycles. The fraction of sp³-hybridized carbons (Fsp3) is 0.318. The van der Waals surface area contributed by atoms with Crippen LogP contribution in [0, 0.1) is 0 Å². The Labute approximate surface area is 149 Å². The van der Waals surface area contributed by atoms with Crippen LogP contribution in [0.5, 0.6) is 11.5 Å². The van der Waals surface area contributed by atoms with Crippen LogP contribution in [0.15, 0.2) is 66.7 Å². The minimum Gasteiger partial charge on any atom is -0.459 e. The van der Waals surface area contributed by atoms with Crippen LogP contribution in [0.3, 0.4) is 0 Å². The van der Waals surface area contributed by atoms with Crippen molar-refractivity contribution in [3.63, 3.8) is 0 Å². The molecule has 0 bridgehead atoms. The van der Waals surface area contributed by atoms with E-state index in [-0.39, 0.29) is 18.0 Å². The topological polar surface area (TPSA) is 35.5 Å². The van der Waals surface area contributed by atoms with Gasteiger partial charge in [-0.15, -0.1) is 0 Å². The molecule has 3 rings (SSSR count). The molecule has 1 fully saturated rings. The Kier molecular flexibility index (Phi) is 5.89. The Bertz CT molecular complexity index is 704. The molecule has 0 spiro atoms. The summed E-state index contributed by atoms with van der Waals surface area (Å²) >= 11 is 0. The summed E-state index contributed by atoms with van der Waals surface area (Å²) in [5.41, 5.74) is 1.21. The highest BCUT2D eigenvalue weighted by Gasteiger charge is 2.29. The van der Waals surface area contributed by atoms with Crippen molar-refractivity contribution in [1.29, 1.82) is 0 Å². The Morgan fingerprint density at radius 2 is 1.64 bits per heavy atom. The number of rotatable bonds is 5. The lowest BCUT2D eigenvalue weighted by molar-refractivity contribution is -0.145. The van der Waals surface area contributed by atoms with Gasteiger partial charge in [-0.3, -0.25) is 0 Å². The zero-order valence-electron chi connectivity index (χ0n) is 14.6. The molecule has 1 saturated carbocycles. The van der Waals surface area contributed by atoms with Crippen LogP contribution < -0.4 is 4.74 Å². The fourth-order valence-electron chi connectivity index (χ4n) is 3.35. The summed E-state index contributed by atoms with van der Waals surface area (Å²) in [5.74, 6) is 1.65. The second kappa shape index (κ2) is 8.52. The Hall–Kier alpha value is -2.55. The van der Waals surface area contributed by atoms with Crippen LogP contribution in [-0.4, -0.2) is 12.1 Å². The summed E-state index contributed by atoms with van der Waals surface area (Å²) in [7, 11) is 0. The molecule has 0 saturated heterocycles. The molecule has 0 heterocycles. The number of hydrogen-bond acceptors (Lipinski definition) is 3. The van der Waals surface area contributed by atoms with E-state index in [1.54, 1.807) is 6.08 Å². The van der Waals surface area contributed by atoms with E-state index in [4.69, 9.17) is 9.47 Å². The standard InChI is InChI=1S/C22H24O3/c1-2-8-22(23)25-21-12-7-6-11-20(21)17-13-15-19(16-14-17)24-18-9-4-3-5-10-18/h2-5,8-10,13-16,20-21H,6-7,11-12H2,1H3/b8-2+/t20-,21+/m0/s1. The lowest BCUT2D eigenvalue weighted by Crippen LogP contribution is -2.28. The fourth-order valence-corrected chi connectivity index (χ4v) is 3.35. The smallest absolute Gasteiger partial charge is 0.330 e. The van der Waals surface area contributed by atoms with Crippen molar-refractivity contribution in [3.8, 4) is 11.5 Å². The van der Waals surface area contributed by atoms with Gasteiger partial charge in [-0.25, -0.2) is 4.79 Å². The van der Waals surface area contributed by atoms with Gasteiger partial charge in [0.1, 0.15) is 17.6 Å². The first-order chi connectivity index (χ1) is 12.3. The van der Waals surface area contributed by atoms with E-state index < -0.39 is 0 Å². The van der Waals surface area contributed by atoms with Gasteiger partial charge in [-0.1, -0.05) is 42.8 Å². The summed E-state index contributed by atoms with van der Waals surface area (Å²) in [4.78, 5) is 11.8. The average molecular weight is 336 g/mol. The molecule has 2 aromatic carbocycles. The molecule has 130 valence electrons. The maximum atomic E-state index is 11.8. The summed E-state index contributed by atoms with van der Waals surface area (Å²) in [6.45, 7) is 1.82. The molecule has 0 amide bonds. The number of carbonyl (C=O) groups excluding carboxylic acids is 1. The molecule has 25 heavy (non-hydrogen) atoms. The maximum Gasteiger partial charge on any atom is 0.330 e. The Morgan fingerprint density at radius 1 is 0.960 bits per heavy atom. The van der Waals surface area contributed by atoms with Crippen molar-refractivity contribution in [2.24, 2.45) is 0 Å². The van der Waals surface area contributed by atoms with Crippen molar-refractivity contribution >= 4 is 5.97 Å². The minimum atomic E-state index is -0.247. The molecule has 3 heteroatoms. The first-order valence-corrected chi connectivity index (χ1v) is 8.92. The second-order valence-electron chi connectivity index (χ2n) is 6.35. The molecule has 0 aliphatic heterocycles. The molecule has 2 aromatic rings. The number of allylic oxidation sites excluding steroid dienone is 1. The van der Waals surface area contributed by atoms with Gasteiger partial charge < -0.3 is 9.47 Å². The third kappa shape index (κ3) is 4.72. The van der Waals surface area contributed by atoms with Gasteiger partial charge in [0, 0.05) is 12.0 Å². The summed E-state index contributed by atoms with van der Waals surface area (Å²) in [6, 6.07) is 17.9. The second-order valence-corrected chi connectivity index (χ2v) is 6.35. The highest BCUT2D eigenvalue weighted by atomic mass is 16.5. The third-order valence-corrected chi connectivity index (χ3v) is 4.56. The van der Waals surface area contributed by atoms with Crippen LogP contribution in [0.4, 0.5) is 0 Å². The van der Waals surface area contributed by atoms with E-state index in [0.29, 0.717) is 0 Å². The quantitative estimate of drug-likeness (QED) is 0.525. The molecular formula is C22H24O3.